The van der Waals surface area contributed by atoms with Crippen molar-refractivity contribution in [3.8, 4) is 17.6 Å². The molecule has 1 aromatic carbocycles. The molecule has 0 aliphatic carbocycles. The first-order valence-corrected chi connectivity index (χ1v) is 5.60. The Bertz CT molecular complexity index is 452. The number of hydrogen-bond donors (Lipinski definition) is 1. The lowest BCUT2D eigenvalue weighted by Gasteiger charge is -2.10. The lowest BCUT2D eigenvalue weighted by atomic mass is 10.1. The number of ether oxygens (including phenoxy) is 2. The van der Waals surface area contributed by atoms with Gasteiger partial charge in [-0.2, -0.15) is 5.26 Å². The zero-order chi connectivity index (χ0) is 13.4. The summed E-state index contributed by atoms with van der Waals surface area (Å²) in [4.78, 5) is 11.9. The van der Waals surface area contributed by atoms with Crippen LogP contribution in [0.1, 0.15) is 23.2 Å². The van der Waals surface area contributed by atoms with Crippen LogP contribution >= 0.6 is 0 Å². The van der Waals surface area contributed by atoms with Crippen LogP contribution in [0.3, 0.4) is 0 Å². The molecule has 96 valence electrons. The first-order chi connectivity index (χ1) is 8.72. The molecular weight excluding hydrogens is 232 g/mol. The minimum Gasteiger partial charge on any atom is -0.497 e. The van der Waals surface area contributed by atoms with Crippen LogP contribution in [0.4, 0.5) is 0 Å². The Morgan fingerprint density at radius 1 is 1.39 bits per heavy atom. The van der Waals surface area contributed by atoms with Gasteiger partial charge in [-0.05, 0) is 24.6 Å². The molecule has 0 unspecified atom stereocenters. The highest BCUT2D eigenvalue weighted by Crippen LogP contribution is 2.23. The van der Waals surface area contributed by atoms with E-state index in [0.29, 0.717) is 36.4 Å². The molecule has 0 saturated heterocycles. The number of nitriles is 1. The number of amides is 1. The highest BCUT2D eigenvalue weighted by molar-refractivity contribution is 5.97. The Kier molecular flexibility index (Phi) is 5.52. The molecule has 1 rings (SSSR count). The number of benzene rings is 1. The molecule has 5 heteroatoms. The van der Waals surface area contributed by atoms with E-state index >= 15 is 0 Å². The number of hydrogen-bond acceptors (Lipinski definition) is 4. The van der Waals surface area contributed by atoms with Gasteiger partial charge in [0, 0.05) is 13.0 Å². The van der Waals surface area contributed by atoms with E-state index in [0.717, 1.165) is 0 Å². The fraction of sp³-hybridized carbons (Fsp3) is 0.385. The Morgan fingerprint density at radius 3 is 2.78 bits per heavy atom. The lowest BCUT2D eigenvalue weighted by Crippen LogP contribution is -2.24. The van der Waals surface area contributed by atoms with Crippen LogP contribution in [0.15, 0.2) is 18.2 Å². The van der Waals surface area contributed by atoms with Gasteiger partial charge < -0.3 is 14.8 Å². The van der Waals surface area contributed by atoms with Crippen LogP contribution in [0.25, 0.3) is 0 Å². The van der Waals surface area contributed by atoms with Crippen molar-refractivity contribution in [3.63, 3.8) is 0 Å². The van der Waals surface area contributed by atoms with Gasteiger partial charge in [-0.15, -0.1) is 0 Å². The summed E-state index contributed by atoms with van der Waals surface area (Å²) in [5.74, 6) is 0.857. The summed E-state index contributed by atoms with van der Waals surface area (Å²) >= 11 is 0. The molecule has 0 bridgehead atoms. The quantitative estimate of drug-likeness (QED) is 0.778. The number of rotatable bonds is 6. The van der Waals surface area contributed by atoms with Crippen LogP contribution in [0.2, 0.25) is 0 Å². The van der Waals surface area contributed by atoms with Gasteiger partial charge in [0.25, 0.3) is 5.91 Å². The summed E-state index contributed by atoms with van der Waals surface area (Å²) in [6.07, 6.45) is 1.06. The molecule has 0 heterocycles. The van der Waals surface area contributed by atoms with E-state index in [9.17, 15) is 4.79 Å². The summed E-state index contributed by atoms with van der Waals surface area (Å²) in [7, 11) is 3.05. The Labute approximate surface area is 106 Å². The van der Waals surface area contributed by atoms with E-state index in [2.05, 4.69) is 5.32 Å². The zero-order valence-corrected chi connectivity index (χ0v) is 10.5. The standard InChI is InChI=1S/C13H16N2O3/c1-17-10-5-6-12(18-2)11(9-10)13(16)15-8-4-3-7-14/h5-6,9H,3-4,8H2,1-2H3,(H,15,16). The number of carbonyl (C=O) groups excluding carboxylic acids is 1. The van der Waals surface area contributed by atoms with E-state index in [-0.39, 0.29) is 5.91 Å². The van der Waals surface area contributed by atoms with Crippen molar-refractivity contribution >= 4 is 5.91 Å². The summed E-state index contributed by atoms with van der Waals surface area (Å²) in [6.45, 7) is 0.465. The van der Waals surface area contributed by atoms with Gasteiger partial charge >= 0.3 is 0 Å². The molecule has 0 aliphatic heterocycles. The summed E-state index contributed by atoms with van der Waals surface area (Å²) in [5, 5.41) is 11.1. The number of carbonyl (C=O) groups is 1. The molecule has 0 radical (unpaired) electrons. The van der Waals surface area contributed by atoms with Crippen molar-refractivity contribution in [3.05, 3.63) is 23.8 Å². The van der Waals surface area contributed by atoms with Gasteiger partial charge in [-0.3, -0.25) is 4.79 Å². The molecule has 0 spiro atoms. The van der Waals surface area contributed by atoms with E-state index in [4.69, 9.17) is 14.7 Å². The maximum absolute atomic E-state index is 11.9. The second-order valence-corrected chi connectivity index (χ2v) is 3.58. The third kappa shape index (κ3) is 3.67. The SMILES string of the molecule is COc1ccc(OC)c(C(=O)NCCCC#N)c1. The molecule has 5 nitrogen and oxygen atoms in total. The number of nitrogens with one attached hydrogen (secondary N) is 1. The smallest absolute Gasteiger partial charge is 0.255 e. The highest BCUT2D eigenvalue weighted by atomic mass is 16.5. The minimum absolute atomic E-state index is 0.233. The molecule has 1 N–H and O–H groups in total. The van der Waals surface area contributed by atoms with Gasteiger partial charge in [0.2, 0.25) is 0 Å². The van der Waals surface area contributed by atoms with Gasteiger partial charge in [-0.25, -0.2) is 0 Å². The highest BCUT2D eigenvalue weighted by Gasteiger charge is 2.12. The van der Waals surface area contributed by atoms with Gasteiger partial charge in [0.15, 0.2) is 0 Å². The van der Waals surface area contributed by atoms with E-state index in [1.54, 1.807) is 18.2 Å². The first-order valence-electron chi connectivity index (χ1n) is 5.60. The third-order valence-electron chi connectivity index (χ3n) is 2.40. The van der Waals surface area contributed by atoms with Crippen LogP contribution in [0.5, 0.6) is 11.5 Å². The number of nitrogens with zero attached hydrogens (tertiary/aromatic N) is 1. The van der Waals surface area contributed by atoms with Gasteiger partial charge in [-0.1, -0.05) is 0 Å². The number of methoxy groups -OCH3 is 2. The molecule has 0 aromatic heterocycles. The molecular formula is C13H16N2O3. The molecule has 1 amide bonds. The van der Waals surface area contributed by atoms with Crippen molar-refractivity contribution < 1.29 is 14.3 Å². The third-order valence-corrected chi connectivity index (χ3v) is 2.40. The average Bonchev–Trinajstić information content (AvgIpc) is 2.42. The summed E-state index contributed by atoms with van der Waals surface area (Å²) in [5.41, 5.74) is 0.425. The zero-order valence-electron chi connectivity index (χ0n) is 10.5. The Balaban J connectivity index is 2.74. The molecule has 1 aromatic rings. The normalized spacial score (nSPS) is 9.39. The van der Waals surface area contributed by atoms with Crippen LogP contribution in [-0.4, -0.2) is 26.7 Å². The summed E-state index contributed by atoms with van der Waals surface area (Å²) < 4.78 is 10.2. The maximum atomic E-state index is 11.9. The maximum Gasteiger partial charge on any atom is 0.255 e. The predicted molar refractivity (Wildman–Crippen MR) is 66.7 cm³/mol. The fourth-order valence-electron chi connectivity index (χ4n) is 1.46. The first kappa shape index (κ1) is 13.8. The van der Waals surface area contributed by atoms with Crippen molar-refractivity contribution in [2.24, 2.45) is 0 Å². The van der Waals surface area contributed by atoms with Crippen LogP contribution < -0.4 is 14.8 Å². The monoisotopic (exact) mass is 248 g/mol. The van der Waals surface area contributed by atoms with Crippen LogP contribution in [0, 0.1) is 11.3 Å². The largest absolute Gasteiger partial charge is 0.497 e. The van der Waals surface area contributed by atoms with Crippen molar-refractivity contribution in [2.45, 2.75) is 12.8 Å². The second kappa shape index (κ2) is 7.17. The lowest BCUT2D eigenvalue weighted by molar-refractivity contribution is 0.0950. The minimum atomic E-state index is -0.233. The van der Waals surface area contributed by atoms with Crippen molar-refractivity contribution in [1.29, 1.82) is 5.26 Å². The topological polar surface area (TPSA) is 71.3 Å². The van der Waals surface area contributed by atoms with Crippen LogP contribution in [-0.2, 0) is 0 Å². The molecule has 0 saturated carbocycles. The fourth-order valence-corrected chi connectivity index (χ4v) is 1.46. The Morgan fingerprint density at radius 2 is 2.17 bits per heavy atom. The molecule has 0 atom stereocenters. The van der Waals surface area contributed by atoms with E-state index in [1.165, 1.54) is 14.2 Å². The molecule has 0 aliphatic rings. The van der Waals surface area contributed by atoms with Gasteiger partial charge in [0.1, 0.15) is 11.5 Å². The number of unbranched alkanes of at least 4 members (excludes halogenated alkanes) is 1. The summed E-state index contributed by atoms with van der Waals surface area (Å²) in [6, 6.07) is 7.06. The van der Waals surface area contributed by atoms with E-state index < -0.39 is 0 Å². The van der Waals surface area contributed by atoms with Gasteiger partial charge in [0.05, 0.1) is 25.9 Å². The molecule has 0 fully saturated rings. The second-order valence-electron chi connectivity index (χ2n) is 3.58. The Hall–Kier alpha value is -2.22. The predicted octanol–water partition coefficient (Wildman–Crippen LogP) is 1.74. The average molecular weight is 248 g/mol. The van der Waals surface area contributed by atoms with E-state index in [1.807, 2.05) is 6.07 Å². The van der Waals surface area contributed by atoms with Crippen molar-refractivity contribution in [1.82, 2.24) is 5.32 Å². The molecule has 18 heavy (non-hydrogen) atoms. The van der Waals surface area contributed by atoms with Crippen molar-refractivity contribution in [2.75, 3.05) is 20.8 Å².